The summed E-state index contributed by atoms with van der Waals surface area (Å²) in [7, 11) is -3.76. The van der Waals surface area contributed by atoms with Crippen molar-refractivity contribution in [2.75, 3.05) is 5.32 Å². The van der Waals surface area contributed by atoms with Crippen molar-refractivity contribution in [1.29, 1.82) is 0 Å². The van der Waals surface area contributed by atoms with E-state index in [1.165, 1.54) is 36.7 Å². The average molecular weight is 354 g/mol. The van der Waals surface area contributed by atoms with Gasteiger partial charge in [-0.25, -0.2) is 23.5 Å². The first kappa shape index (κ1) is 16.7. The van der Waals surface area contributed by atoms with E-state index in [-0.39, 0.29) is 10.5 Å². The number of amides is 1. The summed E-state index contributed by atoms with van der Waals surface area (Å²) in [6, 6.07) is 15.0. The Kier molecular flexibility index (Phi) is 4.55. The zero-order valence-electron chi connectivity index (χ0n) is 13.0. The minimum absolute atomic E-state index is 0.0268. The number of benzene rings is 2. The second-order valence-corrected chi connectivity index (χ2v) is 6.75. The lowest BCUT2D eigenvalue weighted by atomic mass is 10.2. The topological polar surface area (TPSA) is 115 Å². The molecule has 0 radical (unpaired) electrons. The van der Waals surface area contributed by atoms with E-state index in [1.807, 2.05) is 30.3 Å². The lowest BCUT2D eigenvalue weighted by molar-refractivity contribution is 0.102. The summed E-state index contributed by atoms with van der Waals surface area (Å²) in [5, 5.41) is 7.67. The fourth-order valence-corrected chi connectivity index (χ4v) is 2.63. The van der Waals surface area contributed by atoms with Gasteiger partial charge in [-0.15, -0.1) is 0 Å². The molecule has 25 heavy (non-hydrogen) atoms. The summed E-state index contributed by atoms with van der Waals surface area (Å²) in [5.74, 6) is 0.123. The van der Waals surface area contributed by atoms with Crippen LogP contribution in [0.15, 0.2) is 71.9 Å². The zero-order chi connectivity index (χ0) is 17.9. The molecule has 0 unspecified atom stereocenters. The number of hydrogen-bond donors (Lipinski definition) is 2. The highest BCUT2D eigenvalue weighted by Crippen LogP contribution is 2.15. The van der Waals surface area contributed by atoms with Gasteiger partial charge in [-0.2, -0.15) is 0 Å². The molecule has 0 spiro atoms. The highest BCUT2D eigenvalue weighted by molar-refractivity contribution is 7.89. The van der Waals surface area contributed by atoms with Crippen LogP contribution in [-0.2, 0) is 10.0 Å². The van der Waals surface area contributed by atoms with Crippen molar-refractivity contribution in [3.8, 4) is 11.4 Å². The molecule has 0 saturated carbocycles. The molecule has 7 nitrogen and oxygen atoms in total. The number of anilines is 1. The van der Waals surface area contributed by atoms with Gasteiger partial charge in [0, 0.05) is 23.6 Å². The number of aromatic nitrogens is 2. The molecule has 0 aliphatic rings. The molecular weight excluding hydrogens is 340 g/mol. The van der Waals surface area contributed by atoms with Gasteiger partial charge in [0.1, 0.15) is 0 Å². The standard InChI is InChI=1S/C17H14N4O3S/c18-25(23,24)15-8-6-14(7-9-15)21-17(22)13-10-19-16(20-11-13)12-4-2-1-3-5-12/h1-11H,(H,21,22)(H2,18,23,24). The minimum atomic E-state index is -3.76. The third-order valence-corrected chi connectivity index (χ3v) is 4.32. The van der Waals surface area contributed by atoms with Crippen LogP contribution in [-0.4, -0.2) is 24.3 Å². The van der Waals surface area contributed by atoms with Gasteiger partial charge < -0.3 is 5.32 Å². The van der Waals surface area contributed by atoms with Gasteiger partial charge >= 0.3 is 0 Å². The Morgan fingerprint density at radius 3 is 2.08 bits per heavy atom. The maximum atomic E-state index is 12.2. The molecule has 126 valence electrons. The molecule has 8 heteroatoms. The number of sulfonamides is 1. The van der Waals surface area contributed by atoms with Gasteiger partial charge in [-0.05, 0) is 24.3 Å². The summed E-state index contributed by atoms with van der Waals surface area (Å²) in [6.45, 7) is 0. The molecular formula is C17H14N4O3S. The summed E-state index contributed by atoms with van der Waals surface area (Å²) < 4.78 is 22.4. The molecule has 0 aliphatic carbocycles. The predicted molar refractivity (Wildman–Crippen MR) is 93.2 cm³/mol. The van der Waals surface area contributed by atoms with Crippen molar-refractivity contribution in [2.24, 2.45) is 5.14 Å². The quantitative estimate of drug-likeness (QED) is 0.744. The van der Waals surface area contributed by atoms with E-state index in [0.29, 0.717) is 11.5 Å². The number of nitrogens with zero attached hydrogens (tertiary/aromatic N) is 2. The minimum Gasteiger partial charge on any atom is -0.322 e. The van der Waals surface area contributed by atoms with Crippen LogP contribution in [0.3, 0.4) is 0 Å². The van der Waals surface area contributed by atoms with Crippen LogP contribution in [0.4, 0.5) is 5.69 Å². The lowest BCUT2D eigenvalue weighted by Gasteiger charge is -2.06. The van der Waals surface area contributed by atoms with Crippen LogP contribution in [0.5, 0.6) is 0 Å². The third kappa shape index (κ3) is 4.06. The number of primary sulfonamides is 1. The van der Waals surface area contributed by atoms with Gasteiger partial charge in [0.15, 0.2) is 5.82 Å². The number of nitrogens with two attached hydrogens (primary N) is 1. The van der Waals surface area contributed by atoms with Gasteiger partial charge in [-0.3, -0.25) is 4.79 Å². The Bertz CT molecular complexity index is 986. The molecule has 3 aromatic rings. The Morgan fingerprint density at radius 2 is 1.52 bits per heavy atom. The number of hydrogen-bond acceptors (Lipinski definition) is 5. The zero-order valence-corrected chi connectivity index (χ0v) is 13.8. The third-order valence-electron chi connectivity index (χ3n) is 3.39. The molecule has 0 saturated heterocycles. The van der Waals surface area contributed by atoms with E-state index in [4.69, 9.17) is 5.14 Å². The van der Waals surface area contributed by atoms with Crippen LogP contribution < -0.4 is 10.5 Å². The number of nitrogens with one attached hydrogen (secondary N) is 1. The van der Waals surface area contributed by atoms with Crippen LogP contribution in [0.1, 0.15) is 10.4 Å². The average Bonchev–Trinajstić information content (AvgIpc) is 2.62. The summed E-state index contributed by atoms with van der Waals surface area (Å²) in [4.78, 5) is 20.6. The van der Waals surface area contributed by atoms with E-state index < -0.39 is 15.9 Å². The highest BCUT2D eigenvalue weighted by Gasteiger charge is 2.10. The second kappa shape index (κ2) is 6.80. The molecule has 0 fully saturated rings. The van der Waals surface area contributed by atoms with Crippen molar-refractivity contribution >= 4 is 21.6 Å². The number of carbonyl (C=O) groups excluding carboxylic acids is 1. The Balaban J connectivity index is 1.73. The monoisotopic (exact) mass is 354 g/mol. The van der Waals surface area contributed by atoms with E-state index in [9.17, 15) is 13.2 Å². The van der Waals surface area contributed by atoms with Crippen molar-refractivity contribution in [1.82, 2.24) is 9.97 Å². The fraction of sp³-hybridized carbons (Fsp3) is 0. The predicted octanol–water partition coefficient (Wildman–Crippen LogP) is 2.04. The molecule has 1 aromatic heterocycles. The molecule has 0 bridgehead atoms. The summed E-state index contributed by atoms with van der Waals surface area (Å²) in [6.07, 6.45) is 2.87. The molecule has 1 amide bonds. The molecule has 2 aromatic carbocycles. The second-order valence-electron chi connectivity index (χ2n) is 5.18. The van der Waals surface area contributed by atoms with Crippen LogP contribution in [0.2, 0.25) is 0 Å². The first-order chi connectivity index (χ1) is 11.9. The maximum absolute atomic E-state index is 12.2. The Hall–Kier alpha value is -3.10. The van der Waals surface area contributed by atoms with Gasteiger partial charge in [0.2, 0.25) is 10.0 Å². The van der Waals surface area contributed by atoms with E-state index in [1.54, 1.807) is 0 Å². The largest absolute Gasteiger partial charge is 0.322 e. The van der Waals surface area contributed by atoms with Crippen molar-refractivity contribution in [3.63, 3.8) is 0 Å². The van der Waals surface area contributed by atoms with E-state index >= 15 is 0 Å². The fourth-order valence-electron chi connectivity index (χ4n) is 2.11. The van der Waals surface area contributed by atoms with Crippen molar-refractivity contribution in [3.05, 3.63) is 72.6 Å². The normalized spacial score (nSPS) is 11.1. The first-order valence-electron chi connectivity index (χ1n) is 7.25. The van der Waals surface area contributed by atoms with Crippen molar-refractivity contribution in [2.45, 2.75) is 4.90 Å². The number of rotatable bonds is 4. The van der Waals surface area contributed by atoms with Gasteiger partial charge in [0.25, 0.3) is 5.91 Å². The lowest BCUT2D eigenvalue weighted by Crippen LogP contribution is -2.14. The SMILES string of the molecule is NS(=O)(=O)c1ccc(NC(=O)c2cnc(-c3ccccc3)nc2)cc1. The van der Waals surface area contributed by atoms with Crippen LogP contribution in [0, 0.1) is 0 Å². The molecule has 3 rings (SSSR count). The Morgan fingerprint density at radius 1 is 0.920 bits per heavy atom. The molecule has 0 atom stereocenters. The van der Waals surface area contributed by atoms with E-state index in [0.717, 1.165) is 5.56 Å². The van der Waals surface area contributed by atoms with Crippen LogP contribution in [0.25, 0.3) is 11.4 Å². The van der Waals surface area contributed by atoms with Gasteiger partial charge in [0.05, 0.1) is 10.5 Å². The van der Waals surface area contributed by atoms with Crippen molar-refractivity contribution < 1.29 is 13.2 Å². The highest BCUT2D eigenvalue weighted by atomic mass is 32.2. The van der Waals surface area contributed by atoms with E-state index in [2.05, 4.69) is 15.3 Å². The van der Waals surface area contributed by atoms with Crippen LogP contribution >= 0.6 is 0 Å². The summed E-state index contributed by atoms with van der Waals surface area (Å²) >= 11 is 0. The Labute approximate surface area is 144 Å². The molecule has 1 heterocycles. The molecule has 3 N–H and O–H groups in total. The molecule has 0 aliphatic heterocycles. The summed E-state index contributed by atoms with van der Waals surface area (Å²) in [5.41, 5.74) is 1.58. The number of carbonyl (C=O) groups is 1. The first-order valence-corrected chi connectivity index (χ1v) is 8.80. The maximum Gasteiger partial charge on any atom is 0.258 e. The van der Waals surface area contributed by atoms with Gasteiger partial charge in [-0.1, -0.05) is 30.3 Å². The smallest absolute Gasteiger partial charge is 0.258 e.